The molecule has 17 heavy (non-hydrogen) atoms. The van der Waals surface area contributed by atoms with Gasteiger partial charge in [0.1, 0.15) is 0 Å². The Morgan fingerprint density at radius 2 is 1.82 bits per heavy atom. The first kappa shape index (κ1) is 14.6. The molecule has 0 bridgehead atoms. The molecule has 96 valence electrons. The van der Waals surface area contributed by atoms with E-state index in [2.05, 4.69) is 45.0 Å². The number of aliphatic hydroxyl groups is 1. The fraction of sp³-hybridized carbons (Fsp3) is 0.571. The summed E-state index contributed by atoms with van der Waals surface area (Å²) in [5.41, 5.74) is 7.22. The number of aliphatic hydroxyl groups excluding tert-OH is 1. The minimum atomic E-state index is -0.0867. The summed E-state index contributed by atoms with van der Waals surface area (Å²) in [5, 5.41) is 8.82. The van der Waals surface area contributed by atoms with Crippen LogP contribution in [0.15, 0.2) is 29.2 Å². The first-order chi connectivity index (χ1) is 7.93. The van der Waals surface area contributed by atoms with E-state index in [1.807, 2.05) is 0 Å². The third-order valence-electron chi connectivity index (χ3n) is 2.71. The van der Waals surface area contributed by atoms with Gasteiger partial charge in [-0.3, -0.25) is 0 Å². The topological polar surface area (TPSA) is 46.2 Å². The highest BCUT2D eigenvalue weighted by atomic mass is 32.2. The lowest BCUT2D eigenvalue weighted by Gasteiger charge is -2.19. The Morgan fingerprint density at radius 1 is 1.24 bits per heavy atom. The second-order valence-electron chi connectivity index (χ2n) is 5.35. The van der Waals surface area contributed by atoms with Crippen LogP contribution in [0.3, 0.4) is 0 Å². The van der Waals surface area contributed by atoms with E-state index < -0.39 is 0 Å². The van der Waals surface area contributed by atoms with E-state index in [-0.39, 0.29) is 18.1 Å². The molecule has 0 amide bonds. The maximum atomic E-state index is 8.82. The molecule has 0 saturated heterocycles. The lowest BCUT2D eigenvalue weighted by molar-refractivity contribution is 0.264. The summed E-state index contributed by atoms with van der Waals surface area (Å²) in [7, 11) is 0. The van der Waals surface area contributed by atoms with Gasteiger partial charge < -0.3 is 10.8 Å². The van der Waals surface area contributed by atoms with E-state index in [0.29, 0.717) is 0 Å². The Labute approximate surface area is 109 Å². The van der Waals surface area contributed by atoms with Crippen molar-refractivity contribution in [3.8, 4) is 0 Å². The Bertz CT molecular complexity index is 329. The summed E-state index contributed by atoms with van der Waals surface area (Å²) >= 11 is 1.79. The molecule has 0 radical (unpaired) electrons. The minimum Gasteiger partial charge on any atom is -0.395 e. The third kappa shape index (κ3) is 5.11. The highest BCUT2D eigenvalue weighted by Gasteiger charge is 2.12. The van der Waals surface area contributed by atoms with Crippen molar-refractivity contribution >= 4 is 11.8 Å². The van der Waals surface area contributed by atoms with Crippen LogP contribution >= 0.6 is 11.8 Å². The lowest BCUT2D eigenvalue weighted by Crippen LogP contribution is -2.24. The maximum Gasteiger partial charge on any atom is 0.0582 e. The Morgan fingerprint density at radius 3 is 2.29 bits per heavy atom. The van der Waals surface area contributed by atoms with E-state index in [9.17, 15) is 0 Å². The van der Waals surface area contributed by atoms with E-state index in [1.54, 1.807) is 11.8 Å². The van der Waals surface area contributed by atoms with Crippen LogP contribution in [0.4, 0.5) is 0 Å². The second kappa shape index (κ2) is 6.43. The molecule has 1 atom stereocenters. The zero-order chi connectivity index (χ0) is 12.9. The molecule has 1 rings (SSSR count). The van der Waals surface area contributed by atoms with E-state index in [0.717, 1.165) is 12.2 Å². The van der Waals surface area contributed by atoms with Crippen molar-refractivity contribution < 1.29 is 5.11 Å². The van der Waals surface area contributed by atoms with Gasteiger partial charge in [0, 0.05) is 10.9 Å². The van der Waals surface area contributed by atoms with Crippen molar-refractivity contribution in [1.82, 2.24) is 0 Å². The molecule has 0 spiro atoms. The van der Waals surface area contributed by atoms with Gasteiger partial charge in [-0.05, 0) is 35.3 Å². The summed E-state index contributed by atoms with van der Waals surface area (Å²) in [6, 6.07) is 8.62. The van der Waals surface area contributed by atoms with Gasteiger partial charge in [0.2, 0.25) is 0 Å². The number of rotatable bonds is 5. The lowest BCUT2D eigenvalue weighted by atomic mass is 9.87. The standard InChI is InChI=1S/C14H23NOS/c1-14(2,3)11-4-6-13(7-5-11)17-9-8-12(15)10-16/h4-7,12,16H,8-10,15H2,1-3H3. The monoisotopic (exact) mass is 253 g/mol. The van der Waals surface area contributed by atoms with Crippen LogP contribution in [0, 0.1) is 0 Å². The number of hydrogen-bond acceptors (Lipinski definition) is 3. The van der Waals surface area contributed by atoms with E-state index >= 15 is 0 Å². The van der Waals surface area contributed by atoms with Crippen LogP contribution in [0.1, 0.15) is 32.8 Å². The summed E-state index contributed by atoms with van der Waals surface area (Å²) < 4.78 is 0. The fourth-order valence-corrected chi connectivity index (χ4v) is 2.46. The minimum absolute atomic E-state index is 0.0729. The molecule has 0 heterocycles. The molecule has 1 unspecified atom stereocenters. The van der Waals surface area contributed by atoms with Crippen LogP contribution in [0.25, 0.3) is 0 Å². The van der Waals surface area contributed by atoms with E-state index in [1.165, 1.54) is 10.5 Å². The zero-order valence-electron chi connectivity index (χ0n) is 10.9. The molecule has 0 aliphatic heterocycles. The average molecular weight is 253 g/mol. The van der Waals surface area contributed by atoms with Crippen LogP contribution < -0.4 is 5.73 Å². The smallest absolute Gasteiger partial charge is 0.0582 e. The number of hydrogen-bond donors (Lipinski definition) is 2. The first-order valence-electron chi connectivity index (χ1n) is 6.03. The SMILES string of the molecule is CC(C)(C)c1ccc(SCCC(N)CO)cc1. The second-order valence-corrected chi connectivity index (χ2v) is 6.52. The number of thioether (sulfide) groups is 1. The Balaban J connectivity index is 2.46. The van der Waals surface area contributed by atoms with Gasteiger partial charge in [-0.2, -0.15) is 0 Å². The fourth-order valence-electron chi connectivity index (χ4n) is 1.47. The molecule has 0 aromatic heterocycles. The Hall–Kier alpha value is -0.510. The molecular weight excluding hydrogens is 230 g/mol. The molecule has 0 aliphatic rings. The predicted octanol–water partition coefficient (Wildman–Crippen LogP) is 2.79. The van der Waals surface area contributed by atoms with Crippen LogP contribution in [0.5, 0.6) is 0 Å². The highest BCUT2D eigenvalue weighted by molar-refractivity contribution is 7.99. The van der Waals surface area contributed by atoms with Crippen molar-refractivity contribution in [3.63, 3.8) is 0 Å². The third-order valence-corrected chi connectivity index (χ3v) is 3.76. The maximum absolute atomic E-state index is 8.82. The molecule has 0 aliphatic carbocycles. The van der Waals surface area contributed by atoms with Crippen molar-refractivity contribution in [2.75, 3.05) is 12.4 Å². The van der Waals surface area contributed by atoms with Crippen LogP contribution in [-0.2, 0) is 5.41 Å². The largest absolute Gasteiger partial charge is 0.395 e. The highest BCUT2D eigenvalue weighted by Crippen LogP contribution is 2.25. The summed E-state index contributed by atoms with van der Waals surface area (Å²) in [5.74, 6) is 0.955. The summed E-state index contributed by atoms with van der Waals surface area (Å²) in [6.45, 7) is 6.73. The van der Waals surface area contributed by atoms with Crippen molar-refractivity contribution in [3.05, 3.63) is 29.8 Å². The van der Waals surface area contributed by atoms with Crippen molar-refractivity contribution in [1.29, 1.82) is 0 Å². The van der Waals surface area contributed by atoms with Crippen LogP contribution in [-0.4, -0.2) is 23.5 Å². The molecule has 0 saturated carbocycles. The molecule has 1 aromatic rings. The van der Waals surface area contributed by atoms with Crippen molar-refractivity contribution in [2.24, 2.45) is 5.73 Å². The van der Waals surface area contributed by atoms with Gasteiger partial charge in [-0.15, -0.1) is 11.8 Å². The number of benzene rings is 1. The molecule has 3 N–H and O–H groups in total. The van der Waals surface area contributed by atoms with Gasteiger partial charge in [0.05, 0.1) is 6.61 Å². The van der Waals surface area contributed by atoms with E-state index in [4.69, 9.17) is 10.8 Å². The van der Waals surface area contributed by atoms with Gasteiger partial charge >= 0.3 is 0 Å². The molecule has 2 nitrogen and oxygen atoms in total. The average Bonchev–Trinajstić information content (AvgIpc) is 2.28. The quantitative estimate of drug-likeness (QED) is 0.793. The normalized spacial score (nSPS) is 13.7. The molecule has 3 heteroatoms. The molecular formula is C14H23NOS. The Kier molecular flexibility index (Phi) is 5.50. The first-order valence-corrected chi connectivity index (χ1v) is 7.02. The van der Waals surface area contributed by atoms with Gasteiger partial charge in [0.25, 0.3) is 0 Å². The number of nitrogens with two attached hydrogens (primary N) is 1. The van der Waals surface area contributed by atoms with Crippen molar-refractivity contribution in [2.45, 2.75) is 43.5 Å². The predicted molar refractivity (Wildman–Crippen MR) is 75.5 cm³/mol. The molecule has 0 fully saturated rings. The summed E-state index contributed by atoms with van der Waals surface area (Å²) in [6.07, 6.45) is 0.849. The summed E-state index contributed by atoms with van der Waals surface area (Å²) in [4.78, 5) is 1.27. The zero-order valence-corrected chi connectivity index (χ0v) is 11.8. The molecule has 1 aromatic carbocycles. The van der Waals surface area contributed by atoms with Gasteiger partial charge in [-0.25, -0.2) is 0 Å². The van der Waals surface area contributed by atoms with Crippen LogP contribution in [0.2, 0.25) is 0 Å². The van der Waals surface area contributed by atoms with Gasteiger partial charge in [0.15, 0.2) is 0 Å². The van der Waals surface area contributed by atoms with Gasteiger partial charge in [-0.1, -0.05) is 32.9 Å².